The summed E-state index contributed by atoms with van der Waals surface area (Å²) in [5.41, 5.74) is 0.623. The quantitative estimate of drug-likeness (QED) is 0.943. The molecule has 1 saturated carbocycles. The van der Waals surface area contributed by atoms with E-state index in [-0.39, 0.29) is 11.5 Å². The lowest BCUT2D eigenvalue weighted by molar-refractivity contribution is -0.122. The van der Waals surface area contributed by atoms with E-state index in [1.165, 1.54) is 23.9 Å². The first-order valence-corrected chi connectivity index (χ1v) is 8.37. The van der Waals surface area contributed by atoms with Crippen molar-refractivity contribution < 1.29 is 4.79 Å². The largest absolute Gasteiger partial charge is 0.350 e. The Kier molecular flexibility index (Phi) is 4.74. The second kappa shape index (κ2) is 6.94. The Morgan fingerprint density at radius 2 is 1.91 bits per heavy atom. The first kappa shape index (κ1) is 15.7. The van der Waals surface area contributed by atoms with Gasteiger partial charge in [-0.1, -0.05) is 37.5 Å². The van der Waals surface area contributed by atoms with Crippen molar-refractivity contribution >= 4 is 16.7 Å². The number of amides is 1. The molecular weight excluding hydrogens is 290 g/mol. The van der Waals surface area contributed by atoms with Crippen LogP contribution in [-0.4, -0.2) is 15.7 Å². The molecule has 5 heteroatoms. The molecule has 2 aromatic rings. The normalized spacial score (nSPS) is 15.7. The molecule has 3 rings (SSSR count). The minimum atomic E-state index is -0.113. The number of hydrogen-bond donors (Lipinski definition) is 1. The molecular formula is C18H23N3O2. The molecule has 0 bridgehead atoms. The molecule has 0 radical (unpaired) electrons. The lowest BCUT2D eigenvalue weighted by atomic mass is 9.87. The third-order valence-corrected chi connectivity index (χ3v) is 4.68. The lowest BCUT2D eigenvalue weighted by Crippen LogP contribution is -2.28. The molecule has 0 atom stereocenters. The highest BCUT2D eigenvalue weighted by Crippen LogP contribution is 2.26. The van der Waals surface area contributed by atoms with Crippen LogP contribution in [0.2, 0.25) is 0 Å². The van der Waals surface area contributed by atoms with Crippen LogP contribution in [0.15, 0.2) is 29.1 Å². The van der Waals surface area contributed by atoms with E-state index in [1.54, 1.807) is 13.1 Å². The molecule has 1 amide bonds. The van der Waals surface area contributed by atoms with Gasteiger partial charge < -0.3 is 5.32 Å². The molecule has 5 nitrogen and oxygen atoms in total. The number of carbonyl (C=O) groups is 1. The van der Waals surface area contributed by atoms with Gasteiger partial charge in [-0.05, 0) is 24.8 Å². The molecule has 0 saturated heterocycles. The van der Waals surface area contributed by atoms with Crippen LogP contribution in [-0.2, 0) is 18.4 Å². The molecule has 0 aliphatic heterocycles. The topological polar surface area (TPSA) is 64.0 Å². The van der Waals surface area contributed by atoms with Crippen molar-refractivity contribution in [2.24, 2.45) is 13.0 Å². The van der Waals surface area contributed by atoms with Gasteiger partial charge in [0.25, 0.3) is 5.56 Å². The molecule has 122 valence electrons. The molecule has 1 aromatic carbocycles. The summed E-state index contributed by atoms with van der Waals surface area (Å²) in [7, 11) is 1.64. The van der Waals surface area contributed by atoms with E-state index in [2.05, 4.69) is 10.4 Å². The van der Waals surface area contributed by atoms with Gasteiger partial charge in [-0.25, -0.2) is 4.68 Å². The summed E-state index contributed by atoms with van der Waals surface area (Å²) < 4.78 is 1.34. The SMILES string of the molecule is Cn1nc(CNC(=O)CC2CCCCC2)c2ccccc2c1=O. The Balaban J connectivity index is 1.70. The van der Waals surface area contributed by atoms with Crippen LogP contribution >= 0.6 is 0 Å². The minimum absolute atomic E-state index is 0.0802. The Morgan fingerprint density at radius 1 is 1.22 bits per heavy atom. The van der Waals surface area contributed by atoms with Gasteiger partial charge in [0.05, 0.1) is 17.6 Å². The van der Waals surface area contributed by atoms with Crippen molar-refractivity contribution in [3.63, 3.8) is 0 Å². The second-order valence-electron chi connectivity index (χ2n) is 6.41. The minimum Gasteiger partial charge on any atom is -0.350 e. The van der Waals surface area contributed by atoms with E-state index in [0.717, 1.165) is 23.9 Å². The van der Waals surface area contributed by atoms with Crippen LogP contribution in [0.25, 0.3) is 10.8 Å². The first-order valence-electron chi connectivity index (χ1n) is 8.37. The molecule has 0 spiro atoms. The van der Waals surface area contributed by atoms with Gasteiger partial charge in [-0.15, -0.1) is 0 Å². The Bertz CT molecular complexity index is 760. The summed E-state index contributed by atoms with van der Waals surface area (Å²) in [6.07, 6.45) is 6.70. The molecule has 1 heterocycles. The predicted octanol–water partition coefficient (Wildman–Crippen LogP) is 2.52. The van der Waals surface area contributed by atoms with Gasteiger partial charge in [0, 0.05) is 18.9 Å². The number of fused-ring (bicyclic) bond motifs is 1. The number of nitrogens with one attached hydrogen (secondary N) is 1. The summed E-state index contributed by atoms with van der Waals surface area (Å²) in [5, 5.41) is 8.73. The maximum Gasteiger partial charge on any atom is 0.274 e. The lowest BCUT2D eigenvalue weighted by Gasteiger charge is -2.20. The number of hydrogen-bond acceptors (Lipinski definition) is 3. The number of benzene rings is 1. The van der Waals surface area contributed by atoms with Crippen molar-refractivity contribution in [2.45, 2.75) is 45.1 Å². The number of carbonyl (C=O) groups excluding carboxylic acids is 1. The highest BCUT2D eigenvalue weighted by molar-refractivity contribution is 5.84. The predicted molar refractivity (Wildman–Crippen MR) is 90.0 cm³/mol. The fraction of sp³-hybridized carbons (Fsp3) is 0.500. The van der Waals surface area contributed by atoms with Crippen molar-refractivity contribution in [3.05, 3.63) is 40.3 Å². The van der Waals surface area contributed by atoms with Crippen molar-refractivity contribution in [1.82, 2.24) is 15.1 Å². The third kappa shape index (κ3) is 3.60. The van der Waals surface area contributed by atoms with E-state index in [9.17, 15) is 9.59 Å². The zero-order valence-electron chi connectivity index (χ0n) is 13.5. The van der Waals surface area contributed by atoms with Crippen LogP contribution in [0, 0.1) is 5.92 Å². The molecule has 0 unspecified atom stereocenters. The zero-order chi connectivity index (χ0) is 16.2. The Hall–Kier alpha value is -2.17. The van der Waals surface area contributed by atoms with E-state index < -0.39 is 0 Å². The average Bonchev–Trinajstić information content (AvgIpc) is 2.58. The van der Waals surface area contributed by atoms with Gasteiger partial charge in [0.1, 0.15) is 0 Å². The Morgan fingerprint density at radius 3 is 2.65 bits per heavy atom. The van der Waals surface area contributed by atoms with Gasteiger partial charge in [-0.2, -0.15) is 5.10 Å². The van der Waals surface area contributed by atoms with Crippen LogP contribution < -0.4 is 10.9 Å². The summed E-state index contributed by atoms with van der Waals surface area (Å²) in [4.78, 5) is 24.3. The summed E-state index contributed by atoms with van der Waals surface area (Å²) in [6.45, 7) is 0.361. The number of rotatable bonds is 4. The van der Waals surface area contributed by atoms with E-state index in [0.29, 0.717) is 24.3 Å². The van der Waals surface area contributed by atoms with Crippen molar-refractivity contribution in [2.75, 3.05) is 0 Å². The highest BCUT2D eigenvalue weighted by atomic mass is 16.1. The monoisotopic (exact) mass is 313 g/mol. The van der Waals surface area contributed by atoms with Crippen LogP contribution in [0.4, 0.5) is 0 Å². The number of nitrogens with zero attached hydrogens (tertiary/aromatic N) is 2. The molecule has 1 aromatic heterocycles. The first-order chi connectivity index (χ1) is 11.1. The third-order valence-electron chi connectivity index (χ3n) is 4.68. The van der Waals surface area contributed by atoms with E-state index in [1.807, 2.05) is 18.2 Å². The Labute approximate surface area is 135 Å². The van der Waals surface area contributed by atoms with E-state index >= 15 is 0 Å². The second-order valence-corrected chi connectivity index (χ2v) is 6.41. The number of aryl methyl sites for hydroxylation is 1. The molecule has 1 aliphatic carbocycles. The summed E-state index contributed by atoms with van der Waals surface area (Å²) >= 11 is 0. The van der Waals surface area contributed by atoms with E-state index in [4.69, 9.17) is 0 Å². The summed E-state index contributed by atoms with van der Waals surface area (Å²) in [5.74, 6) is 0.602. The van der Waals surface area contributed by atoms with Crippen molar-refractivity contribution in [1.29, 1.82) is 0 Å². The van der Waals surface area contributed by atoms with Gasteiger partial charge >= 0.3 is 0 Å². The van der Waals surface area contributed by atoms with Gasteiger partial charge in [-0.3, -0.25) is 9.59 Å². The van der Waals surface area contributed by atoms with Crippen LogP contribution in [0.5, 0.6) is 0 Å². The molecule has 1 N–H and O–H groups in total. The van der Waals surface area contributed by atoms with Gasteiger partial charge in [0.2, 0.25) is 5.91 Å². The van der Waals surface area contributed by atoms with Gasteiger partial charge in [0.15, 0.2) is 0 Å². The van der Waals surface area contributed by atoms with Crippen LogP contribution in [0.3, 0.4) is 0 Å². The molecule has 1 fully saturated rings. The molecule has 1 aliphatic rings. The smallest absolute Gasteiger partial charge is 0.274 e. The molecule has 23 heavy (non-hydrogen) atoms. The van der Waals surface area contributed by atoms with Crippen LogP contribution in [0.1, 0.15) is 44.2 Å². The highest BCUT2D eigenvalue weighted by Gasteiger charge is 2.17. The fourth-order valence-corrected chi connectivity index (χ4v) is 3.41. The fourth-order valence-electron chi connectivity index (χ4n) is 3.41. The summed E-state index contributed by atoms with van der Waals surface area (Å²) in [6, 6.07) is 7.41. The standard InChI is InChI=1S/C18H23N3O2/c1-21-18(23)15-10-6-5-9-14(15)16(20-21)12-19-17(22)11-13-7-3-2-4-8-13/h5-6,9-10,13H,2-4,7-8,11-12H2,1H3,(H,19,22). The van der Waals surface area contributed by atoms with Crippen molar-refractivity contribution in [3.8, 4) is 0 Å². The average molecular weight is 313 g/mol. The number of aromatic nitrogens is 2. The zero-order valence-corrected chi connectivity index (χ0v) is 13.5. The maximum absolute atomic E-state index is 12.2. The maximum atomic E-state index is 12.2.